The SMILES string of the molecule is CC(=O)N(c1ccc(C)c(C)c1)c1nc(CSc2ccc(C)c(C)c2)cs1. The maximum Gasteiger partial charge on any atom is 0.230 e. The fourth-order valence-corrected chi connectivity index (χ4v) is 4.60. The van der Waals surface area contributed by atoms with Crippen LogP contribution in [0.25, 0.3) is 0 Å². The highest BCUT2D eigenvalue weighted by atomic mass is 32.2. The van der Waals surface area contributed by atoms with Crippen molar-refractivity contribution in [3.05, 3.63) is 69.7 Å². The van der Waals surface area contributed by atoms with Gasteiger partial charge in [-0.1, -0.05) is 12.1 Å². The Labute approximate surface area is 169 Å². The van der Waals surface area contributed by atoms with Crippen molar-refractivity contribution >= 4 is 39.8 Å². The van der Waals surface area contributed by atoms with Crippen molar-refractivity contribution in [3.63, 3.8) is 0 Å². The van der Waals surface area contributed by atoms with Crippen molar-refractivity contribution in [1.82, 2.24) is 4.98 Å². The van der Waals surface area contributed by atoms with Gasteiger partial charge in [-0.3, -0.25) is 9.69 Å². The van der Waals surface area contributed by atoms with Gasteiger partial charge in [0, 0.05) is 23.0 Å². The number of amides is 1. The van der Waals surface area contributed by atoms with Crippen LogP contribution in [-0.2, 0) is 10.5 Å². The zero-order valence-corrected chi connectivity index (χ0v) is 18.0. The Bertz CT molecular complexity index is 978. The number of aryl methyl sites for hydroxylation is 4. The van der Waals surface area contributed by atoms with Crippen molar-refractivity contribution in [1.29, 1.82) is 0 Å². The number of aromatic nitrogens is 1. The molecule has 0 spiro atoms. The second-order valence-electron chi connectivity index (χ2n) is 6.78. The van der Waals surface area contributed by atoms with Gasteiger partial charge < -0.3 is 0 Å². The van der Waals surface area contributed by atoms with Crippen LogP contribution in [0.5, 0.6) is 0 Å². The molecule has 0 unspecified atom stereocenters. The Morgan fingerprint density at radius 3 is 2.30 bits per heavy atom. The number of carbonyl (C=O) groups excluding carboxylic acids is 1. The number of thiazole rings is 1. The molecule has 3 aromatic rings. The van der Waals surface area contributed by atoms with E-state index >= 15 is 0 Å². The van der Waals surface area contributed by atoms with E-state index in [0.717, 1.165) is 22.3 Å². The number of carbonyl (C=O) groups is 1. The third-order valence-electron chi connectivity index (χ3n) is 4.66. The Balaban J connectivity index is 1.78. The Kier molecular flexibility index (Phi) is 6.02. The largest absolute Gasteiger partial charge is 0.274 e. The fraction of sp³-hybridized carbons (Fsp3) is 0.273. The predicted octanol–water partition coefficient (Wildman–Crippen LogP) is 6.35. The van der Waals surface area contributed by atoms with Gasteiger partial charge >= 0.3 is 0 Å². The monoisotopic (exact) mass is 396 g/mol. The van der Waals surface area contributed by atoms with E-state index in [-0.39, 0.29) is 5.91 Å². The lowest BCUT2D eigenvalue weighted by atomic mass is 10.1. The highest BCUT2D eigenvalue weighted by Gasteiger charge is 2.18. The summed E-state index contributed by atoms with van der Waals surface area (Å²) in [6.45, 7) is 9.97. The second-order valence-corrected chi connectivity index (χ2v) is 8.66. The molecular formula is C22H24N2OS2. The molecule has 0 radical (unpaired) electrons. The molecule has 1 heterocycles. The van der Waals surface area contributed by atoms with Gasteiger partial charge in [-0.15, -0.1) is 23.1 Å². The van der Waals surface area contributed by atoms with Gasteiger partial charge in [0.25, 0.3) is 0 Å². The quantitative estimate of drug-likeness (QED) is 0.471. The molecule has 2 aromatic carbocycles. The molecule has 0 bridgehead atoms. The minimum Gasteiger partial charge on any atom is -0.274 e. The van der Waals surface area contributed by atoms with Gasteiger partial charge in [0.05, 0.1) is 11.4 Å². The molecular weight excluding hydrogens is 372 g/mol. The first-order valence-electron chi connectivity index (χ1n) is 8.87. The van der Waals surface area contributed by atoms with E-state index in [4.69, 9.17) is 4.98 Å². The standard InChI is InChI=1S/C22H24N2OS2/c1-14-6-8-20(10-16(14)3)24(18(5)25)22-23-19(13-27-22)12-26-21-9-7-15(2)17(4)11-21/h6-11,13H,12H2,1-5H3. The molecule has 0 saturated heterocycles. The van der Waals surface area contributed by atoms with Crippen molar-refractivity contribution in [2.24, 2.45) is 0 Å². The van der Waals surface area contributed by atoms with Crippen LogP contribution in [0.4, 0.5) is 10.8 Å². The average molecular weight is 397 g/mol. The Morgan fingerprint density at radius 1 is 1.00 bits per heavy atom. The summed E-state index contributed by atoms with van der Waals surface area (Å²) in [5.41, 5.74) is 6.85. The van der Waals surface area contributed by atoms with E-state index in [1.807, 2.05) is 23.6 Å². The first-order chi connectivity index (χ1) is 12.8. The fourth-order valence-electron chi connectivity index (χ4n) is 2.72. The lowest BCUT2D eigenvalue weighted by molar-refractivity contribution is -0.115. The van der Waals surface area contributed by atoms with Crippen LogP contribution in [0.1, 0.15) is 34.9 Å². The van der Waals surface area contributed by atoms with Crippen LogP contribution in [-0.4, -0.2) is 10.9 Å². The number of thioether (sulfide) groups is 1. The van der Waals surface area contributed by atoms with Gasteiger partial charge in [-0.2, -0.15) is 0 Å². The van der Waals surface area contributed by atoms with Crippen LogP contribution in [0.15, 0.2) is 46.7 Å². The number of nitrogens with zero attached hydrogens (tertiary/aromatic N) is 2. The van der Waals surface area contributed by atoms with Crippen LogP contribution < -0.4 is 4.90 Å². The van der Waals surface area contributed by atoms with Crippen LogP contribution in [0, 0.1) is 27.7 Å². The first kappa shape index (κ1) is 19.6. The van der Waals surface area contributed by atoms with Crippen LogP contribution in [0.3, 0.4) is 0 Å². The molecule has 27 heavy (non-hydrogen) atoms. The molecule has 1 aromatic heterocycles. The summed E-state index contributed by atoms with van der Waals surface area (Å²) in [5.74, 6) is 0.762. The summed E-state index contributed by atoms with van der Waals surface area (Å²) in [6.07, 6.45) is 0. The molecule has 3 nitrogen and oxygen atoms in total. The van der Waals surface area contributed by atoms with Crippen LogP contribution >= 0.6 is 23.1 Å². The molecule has 140 valence electrons. The van der Waals surface area contributed by atoms with E-state index in [1.54, 1.807) is 23.6 Å². The third-order valence-corrected chi connectivity index (χ3v) is 6.56. The van der Waals surface area contributed by atoms with Gasteiger partial charge in [0.1, 0.15) is 0 Å². The summed E-state index contributed by atoms with van der Waals surface area (Å²) in [4.78, 5) is 19.9. The normalized spacial score (nSPS) is 10.9. The highest BCUT2D eigenvalue weighted by Crippen LogP contribution is 2.32. The van der Waals surface area contributed by atoms with E-state index in [1.165, 1.54) is 38.5 Å². The molecule has 0 atom stereocenters. The van der Waals surface area contributed by atoms with Gasteiger partial charge in [0.15, 0.2) is 5.13 Å². The van der Waals surface area contributed by atoms with Gasteiger partial charge in [-0.05, 0) is 74.2 Å². The van der Waals surface area contributed by atoms with E-state index in [9.17, 15) is 4.79 Å². The maximum atomic E-state index is 12.3. The molecule has 3 rings (SSSR count). The van der Waals surface area contributed by atoms with E-state index in [2.05, 4.69) is 45.9 Å². The minimum atomic E-state index is -0.0269. The summed E-state index contributed by atoms with van der Waals surface area (Å²) in [7, 11) is 0. The van der Waals surface area contributed by atoms with Gasteiger partial charge in [0.2, 0.25) is 5.91 Å². The van der Waals surface area contributed by atoms with Gasteiger partial charge in [-0.25, -0.2) is 4.98 Å². The summed E-state index contributed by atoms with van der Waals surface area (Å²) >= 11 is 3.28. The Hall–Kier alpha value is -2.11. The lowest BCUT2D eigenvalue weighted by Crippen LogP contribution is -2.22. The predicted molar refractivity (Wildman–Crippen MR) is 116 cm³/mol. The summed E-state index contributed by atoms with van der Waals surface area (Å²) in [5, 5.41) is 2.77. The molecule has 0 saturated carbocycles. The molecule has 0 aliphatic rings. The smallest absolute Gasteiger partial charge is 0.230 e. The number of benzene rings is 2. The maximum absolute atomic E-state index is 12.3. The van der Waals surface area contributed by atoms with Crippen molar-refractivity contribution < 1.29 is 4.79 Å². The molecule has 0 N–H and O–H groups in total. The molecule has 0 fully saturated rings. The van der Waals surface area contributed by atoms with E-state index in [0.29, 0.717) is 0 Å². The third kappa shape index (κ3) is 4.60. The number of hydrogen-bond donors (Lipinski definition) is 0. The molecule has 5 heteroatoms. The first-order valence-corrected chi connectivity index (χ1v) is 10.7. The molecule has 0 aliphatic heterocycles. The average Bonchev–Trinajstić information content (AvgIpc) is 3.07. The van der Waals surface area contributed by atoms with E-state index < -0.39 is 0 Å². The summed E-state index contributed by atoms with van der Waals surface area (Å²) < 4.78 is 0. The number of hydrogen-bond acceptors (Lipinski definition) is 4. The Morgan fingerprint density at radius 2 is 1.67 bits per heavy atom. The molecule has 0 aliphatic carbocycles. The van der Waals surface area contributed by atoms with Crippen molar-refractivity contribution in [2.75, 3.05) is 4.90 Å². The number of rotatable bonds is 5. The lowest BCUT2D eigenvalue weighted by Gasteiger charge is -2.19. The number of anilines is 2. The van der Waals surface area contributed by atoms with Crippen LogP contribution in [0.2, 0.25) is 0 Å². The zero-order chi connectivity index (χ0) is 19.6. The second kappa shape index (κ2) is 8.28. The zero-order valence-electron chi connectivity index (χ0n) is 16.4. The molecule has 1 amide bonds. The van der Waals surface area contributed by atoms with Crippen molar-refractivity contribution in [3.8, 4) is 0 Å². The highest BCUT2D eigenvalue weighted by molar-refractivity contribution is 7.98. The van der Waals surface area contributed by atoms with Crippen molar-refractivity contribution in [2.45, 2.75) is 45.3 Å². The minimum absolute atomic E-state index is 0.0269. The summed E-state index contributed by atoms with van der Waals surface area (Å²) in [6, 6.07) is 12.6. The topological polar surface area (TPSA) is 33.2 Å².